The number of rotatable bonds is 5. The fourth-order valence-electron chi connectivity index (χ4n) is 3.73. The summed E-state index contributed by atoms with van der Waals surface area (Å²) in [6.07, 6.45) is 1.70. The van der Waals surface area contributed by atoms with Crippen molar-refractivity contribution in [3.8, 4) is 11.5 Å². The number of anilines is 1. The van der Waals surface area contributed by atoms with Gasteiger partial charge in [0.05, 0.1) is 6.54 Å². The maximum atomic E-state index is 13.1. The smallest absolute Gasteiger partial charge is 0.247 e. The number of carbonyl (C=O) groups is 1. The molecule has 1 saturated heterocycles. The third-order valence-electron chi connectivity index (χ3n) is 5.71. The van der Waals surface area contributed by atoms with Gasteiger partial charge in [-0.3, -0.25) is 9.69 Å². The van der Waals surface area contributed by atoms with Crippen molar-refractivity contribution in [1.82, 2.24) is 15.1 Å². The van der Waals surface area contributed by atoms with E-state index in [-0.39, 0.29) is 17.6 Å². The summed E-state index contributed by atoms with van der Waals surface area (Å²) in [5, 5.41) is 11.3. The van der Waals surface area contributed by atoms with Crippen molar-refractivity contribution in [2.45, 2.75) is 32.6 Å². The number of benzene rings is 2. The number of carbonyl (C=O) groups excluding carboxylic acids is 1. The Hall–Kier alpha value is -3.06. The van der Waals surface area contributed by atoms with E-state index in [1.807, 2.05) is 32.0 Å². The summed E-state index contributed by atoms with van der Waals surface area (Å²) in [6, 6.07) is 11.9. The Labute approximate surface area is 175 Å². The summed E-state index contributed by atoms with van der Waals surface area (Å²) >= 11 is 0. The van der Waals surface area contributed by atoms with Crippen LogP contribution in [0.25, 0.3) is 11.5 Å². The van der Waals surface area contributed by atoms with Crippen LogP contribution < -0.4 is 5.32 Å². The zero-order valence-corrected chi connectivity index (χ0v) is 17.2. The lowest BCUT2D eigenvalue weighted by atomic mass is 9.97. The number of nitrogens with zero attached hydrogens (tertiary/aromatic N) is 3. The van der Waals surface area contributed by atoms with Gasteiger partial charge in [-0.2, -0.15) is 0 Å². The van der Waals surface area contributed by atoms with Gasteiger partial charge < -0.3 is 9.73 Å². The lowest BCUT2D eigenvalue weighted by Gasteiger charge is -2.29. The standard InChI is InChI=1S/C23H25FN4O2/c1-15-4-3-5-20(16(15)2)25-21(29)14-28-12-10-18(11-13-28)23-27-26-22(30-23)17-6-8-19(24)9-7-17/h3-9,18H,10-14H2,1-2H3,(H,25,29). The number of likely N-dealkylation sites (tertiary alicyclic amines) is 1. The van der Waals surface area contributed by atoms with Crippen molar-refractivity contribution in [1.29, 1.82) is 0 Å². The van der Waals surface area contributed by atoms with Crippen LogP contribution >= 0.6 is 0 Å². The van der Waals surface area contributed by atoms with Gasteiger partial charge in [-0.15, -0.1) is 10.2 Å². The average Bonchev–Trinajstić information content (AvgIpc) is 3.23. The SMILES string of the molecule is Cc1cccc(NC(=O)CN2CCC(c3nnc(-c4ccc(F)cc4)o3)CC2)c1C. The molecule has 1 aliphatic heterocycles. The Morgan fingerprint density at radius 3 is 2.60 bits per heavy atom. The molecule has 0 aliphatic carbocycles. The molecule has 30 heavy (non-hydrogen) atoms. The Morgan fingerprint density at radius 1 is 1.13 bits per heavy atom. The maximum absolute atomic E-state index is 13.1. The molecule has 1 aliphatic rings. The quantitative estimate of drug-likeness (QED) is 0.681. The molecule has 0 unspecified atom stereocenters. The molecule has 1 aromatic heterocycles. The fraction of sp³-hybridized carbons (Fsp3) is 0.348. The Bertz CT molecular complexity index is 1020. The van der Waals surface area contributed by atoms with Crippen molar-refractivity contribution in [2.75, 3.05) is 25.0 Å². The molecule has 156 valence electrons. The highest BCUT2D eigenvalue weighted by atomic mass is 19.1. The predicted octanol–water partition coefficient (Wildman–Crippen LogP) is 4.31. The summed E-state index contributed by atoms with van der Waals surface area (Å²) in [6.45, 7) is 6.00. The van der Waals surface area contributed by atoms with Gasteiger partial charge in [-0.1, -0.05) is 12.1 Å². The summed E-state index contributed by atoms with van der Waals surface area (Å²) in [5.41, 5.74) is 3.83. The molecule has 7 heteroatoms. The largest absolute Gasteiger partial charge is 0.420 e. The molecule has 0 atom stereocenters. The zero-order valence-electron chi connectivity index (χ0n) is 17.2. The lowest BCUT2D eigenvalue weighted by Crippen LogP contribution is -2.38. The van der Waals surface area contributed by atoms with Gasteiger partial charge in [0.25, 0.3) is 0 Å². The number of hydrogen-bond donors (Lipinski definition) is 1. The van der Waals surface area contributed by atoms with Crippen molar-refractivity contribution < 1.29 is 13.6 Å². The normalized spacial score (nSPS) is 15.3. The van der Waals surface area contributed by atoms with Gasteiger partial charge >= 0.3 is 0 Å². The second kappa shape index (κ2) is 8.75. The Morgan fingerprint density at radius 2 is 1.87 bits per heavy atom. The average molecular weight is 408 g/mol. The van der Waals surface area contributed by atoms with E-state index >= 15 is 0 Å². The molecule has 4 rings (SSSR count). The van der Waals surface area contributed by atoms with E-state index < -0.39 is 0 Å². The zero-order chi connectivity index (χ0) is 21.1. The number of amides is 1. The van der Waals surface area contributed by atoms with Crippen LogP contribution in [0.4, 0.5) is 10.1 Å². The summed E-state index contributed by atoms with van der Waals surface area (Å²) in [7, 11) is 0. The summed E-state index contributed by atoms with van der Waals surface area (Å²) in [5.74, 6) is 0.880. The Balaban J connectivity index is 1.30. The van der Waals surface area contributed by atoms with Crippen LogP contribution in [-0.4, -0.2) is 40.6 Å². The monoisotopic (exact) mass is 408 g/mol. The highest BCUT2D eigenvalue weighted by Gasteiger charge is 2.26. The summed E-state index contributed by atoms with van der Waals surface area (Å²) in [4.78, 5) is 14.6. The first-order valence-electron chi connectivity index (χ1n) is 10.2. The van der Waals surface area contributed by atoms with Crippen molar-refractivity contribution in [2.24, 2.45) is 0 Å². The summed E-state index contributed by atoms with van der Waals surface area (Å²) < 4.78 is 18.9. The van der Waals surface area contributed by atoms with Crippen LogP contribution in [0, 0.1) is 19.7 Å². The molecule has 2 aromatic carbocycles. The number of piperidine rings is 1. The third kappa shape index (κ3) is 4.57. The van der Waals surface area contributed by atoms with Gasteiger partial charge in [0, 0.05) is 17.2 Å². The molecule has 0 saturated carbocycles. The second-order valence-corrected chi connectivity index (χ2v) is 7.80. The van der Waals surface area contributed by atoms with Crippen LogP contribution in [0.2, 0.25) is 0 Å². The second-order valence-electron chi connectivity index (χ2n) is 7.80. The van der Waals surface area contributed by atoms with Crippen LogP contribution in [-0.2, 0) is 4.79 Å². The van der Waals surface area contributed by atoms with Gasteiger partial charge in [0.1, 0.15) is 5.82 Å². The third-order valence-corrected chi connectivity index (χ3v) is 5.71. The first-order valence-corrected chi connectivity index (χ1v) is 10.2. The van der Waals surface area contributed by atoms with E-state index in [1.54, 1.807) is 12.1 Å². The molecular formula is C23H25FN4O2. The van der Waals surface area contributed by atoms with Crippen molar-refractivity contribution in [3.63, 3.8) is 0 Å². The van der Waals surface area contributed by atoms with Gasteiger partial charge in [0.2, 0.25) is 17.7 Å². The first-order chi connectivity index (χ1) is 14.5. The molecular weight excluding hydrogens is 383 g/mol. The topological polar surface area (TPSA) is 71.3 Å². The molecule has 3 aromatic rings. The molecule has 6 nitrogen and oxygen atoms in total. The predicted molar refractivity (Wildman–Crippen MR) is 113 cm³/mol. The maximum Gasteiger partial charge on any atom is 0.247 e. The van der Waals surface area contributed by atoms with Crippen LogP contribution in [0.15, 0.2) is 46.9 Å². The highest BCUT2D eigenvalue weighted by Crippen LogP contribution is 2.29. The van der Waals surface area contributed by atoms with Crippen molar-refractivity contribution in [3.05, 3.63) is 65.3 Å². The number of nitrogens with one attached hydrogen (secondary N) is 1. The molecule has 1 fully saturated rings. The number of hydrogen-bond acceptors (Lipinski definition) is 5. The number of aromatic nitrogens is 2. The minimum absolute atomic E-state index is 0.00136. The molecule has 0 radical (unpaired) electrons. The first kappa shape index (κ1) is 20.2. The van der Waals surface area contributed by atoms with Gasteiger partial charge in [-0.25, -0.2) is 4.39 Å². The van der Waals surface area contributed by atoms with Crippen molar-refractivity contribution >= 4 is 11.6 Å². The fourth-order valence-corrected chi connectivity index (χ4v) is 3.73. The van der Waals surface area contributed by atoms with Gasteiger partial charge in [-0.05, 0) is 81.2 Å². The minimum atomic E-state index is -0.299. The molecule has 0 bridgehead atoms. The number of halogens is 1. The molecule has 0 spiro atoms. The van der Waals surface area contributed by atoms with Crippen LogP contribution in [0.1, 0.15) is 35.8 Å². The Kier molecular flexibility index (Phi) is 5.90. The van der Waals surface area contributed by atoms with E-state index in [0.717, 1.165) is 42.7 Å². The van der Waals surface area contributed by atoms with Gasteiger partial charge in [0.15, 0.2) is 0 Å². The van der Waals surface area contributed by atoms with E-state index in [9.17, 15) is 9.18 Å². The van der Waals surface area contributed by atoms with E-state index in [4.69, 9.17) is 4.42 Å². The van der Waals surface area contributed by atoms with Crippen LogP contribution in [0.5, 0.6) is 0 Å². The molecule has 2 heterocycles. The highest BCUT2D eigenvalue weighted by molar-refractivity contribution is 5.93. The minimum Gasteiger partial charge on any atom is -0.420 e. The lowest BCUT2D eigenvalue weighted by molar-refractivity contribution is -0.117. The molecule has 1 N–H and O–H groups in total. The van der Waals surface area contributed by atoms with E-state index in [0.29, 0.717) is 23.9 Å². The van der Waals surface area contributed by atoms with E-state index in [1.165, 1.54) is 12.1 Å². The van der Waals surface area contributed by atoms with Crippen LogP contribution in [0.3, 0.4) is 0 Å². The number of aryl methyl sites for hydroxylation is 1. The van der Waals surface area contributed by atoms with E-state index in [2.05, 4.69) is 20.4 Å². The molecule has 1 amide bonds.